The zero-order valence-corrected chi connectivity index (χ0v) is 12.5. The normalized spacial score (nSPS) is 10.2. The van der Waals surface area contributed by atoms with Gasteiger partial charge in [0.25, 0.3) is 5.17 Å². The number of ether oxygens (including phenoxy) is 1. The highest BCUT2D eigenvalue weighted by molar-refractivity contribution is 7.80. The number of nitrogens with zero attached hydrogens (tertiary/aromatic N) is 1. The molecule has 0 aliphatic heterocycles. The summed E-state index contributed by atoms with van der Waals surface area (Å²) in [6.45, 7) is 1.49. The summed E-state index contributed by atoms with van der Waals surface area (Å²) in [5.74, 6) is 0.615. The van der Waals surface area contributed by atoms with Gasteiger partial charge in [0.15, 0.2) is 0 Å². The molecule has 104 valence electrons. The highest BCUT2D eigenvalue weighted by Gasteiger charge is 2.04. The molecule has 20 heavy (non-hydrogen) atoms. The van der Waals surface area contributed by atoms with Crippen molar-refractivity contribution in [1.82, 2.24) is 4.90 Å². The van der Waals surface area contributed by atoms with Crippen molar-refractivity contribution in [3.63, 3.8) is 0 Å². The van der Waals surface area contributed by atoms with Crippen LogP contribution in [0.5, 0.6) is 5.75 Å². The van der Waals surface area contributed by atoms with Crippen LogP contribution in [0.15, 0.2) is 36.4 Å². The molecule has 0 aromatic heterocycles. The van der Waals surface area contributed by atoms with Crippen LogP contribution in [0, 0.1) is 0 Å². The summed E-state index contributed by atoms with van der Waals surface area (Å²) in [4.78, 5) is 12.8. The quantitative estimate of drug-likeness (QED) is 0.863. The van der Waals surface area contributed by atoms with E-state index in [0.717, 1.165) is 16.5 Å². The van der Waals surface area contributed by atoms with Crippen molar-refractivity contribution in [1.29, 1.82) is 0 Å². The molecular formula is C15H16N2O2S. The standard InChI is InChI=1S/C15H16N2O2S/c1-10(18)16-13-6-4-12-9-14(7-5-11(12)8-13)19-15(20)17(2)3/h4-9H,1-3H3,(H,16,18). The lowest BCUT2D eigenvalue weighted by atomic mass is 10.1. The van der Waals surface area contributed by atoms with Gasteiger partial charge in [-0.3, -0.25) is 4.79 Å². The molecule has 5 heteroatoms. The lowest BCUT2D eigenvalue weighted by molar-refractivity contribution is -0.114. The molecule has 2 aromatic carbocycles. The van der Waals surface area contributed by atoms with Crippen LogP contribution in [-0.2, 0) is 4.79 Å². The average Bonchev–Trinajstić information content (AvgIpc) is 2.38. The number of hydrogen-bond donors (Lipinski definition) is 1. The Morgan fingerprint density at radius 2 is 1.80 bits per heavy atom. The van der Waals surface area contributed by atoms with Gasteiger partial charge in [-0.25, -0.2) is 0 Å². The maximum absolute atomic E-state index is 11.0. The lowest BCUT2D eigenvalue weighted by Crippen LogP contribution is -2.24. The molecule has 0 atom stereocenters. The summed E-state index contributed by atoms with van der Waals surface area (Å²) < 4.78 is 5.57. The van der Waals surface area contributed by atoms with E-state index in [2.05, 4.69) is 5.32 Å². The van der Waals surface area contributed by atoms with E-state index in [1.165, 1.54) is 6.92 Å². The molecule has 0 bridgehead atoms. The van der Waals surface area contributed by atoms with E-state index >= 15 is 0 Å². The number of amides is 1. The van der Waals surface area contributed by atoms with Crippen molar-refractivity contribution < 1.29 is 9.53 Å². The molecule has 2 aromatic rings. The summed E-state index contributed by atoms with van der Waals surface area (Å²) in [5, 5.41) is 5.23. The molecule has 0 aliphatic carbocycles. The minimum atomic E-state index is -0.0827. The van der Waals surface area contributed by atoms with Gasteiger partial charge in [0.1, 0.15) is 5.75 Å². The van der Waals surface area contributed by atoms with E-state index in [9.17, 15) is 4.79 Å². The Morgan fingerprint density at radius 1 is 1.15 bits per heavy atom. The Kier molecular flexibility index (Phi) is 4.20. The first-order valence-corrected chi connectivity index (χ1v) is 6.57. The van der Waals surface area contributed by atoms with E-state index in [4.69, 9.17) is 17.0 Å². The van der Waals surface area contributed by atoms with Gasteiger partial charge in [-0.2, -0.15) is 0 Å². The second kappa shape index (κ2) is 5.88. The SMILES string of the molecule is CC(=O)Nc1ccc2cc(OC(=S)N(C)C)ccc2c1. The summed E-state index contributed by atoms with van der Waals surface area (Å²) >= 11 is 5.11. The average molecular weight is 288 g/mol. The maximum atomic E-state index is 11.0. The van der Waals surface area contributed by atoms with E-state index in [1.54, 1.807) is 4.90 Å². The Balaban J connectivity index is 2.27. The molecule has 0 fully saturated rings. The fourth-order valence-electron chi connectivity index (χ4n) is 1.76. The van der Waals surface area contributed by atoms with E-state index in [1.807, 2.05) is 50.5 Å². The summed E-state index contributed by atoms with van der Waals surface area (Å²) in [5.41, 5.74) is 0.780. The van der Waals surface area contributed by atoms with Gasteiger partial charge in [0, 0.05) is 26.7 Å². The summed E-state index contributed by atoms with van der Waals surface area (Å²) in [6.07, 6.45) is 0. The number of thiocarbonyl (C=S) groups is 1. The third-order valence-corrected chi connectivity index (χ3v) is 3.15. The largest absolute Gasteiger partial charge is 0.432 e. The molecule has 0 radical (unpaired) electrons. The van der Waals surface area contributed by atoms with Crippen LogP contribution in [0.25, 0.3) is 10.8 Å². The molecule has 0 saturated carbocycles. The number of hydrogen-bond acceptors (Lipinski definition) is 3. The predicted molar refractivity (Wildman–Crippen MR) is 85.2 cm³/mol. The maximum Gasteiger partial charge on any atom is 0.264 e. The van der Waals surface area contributed by atoms with Crippen molar-refractivity contribution in [3.05, 3.63) is 36.4 Å². The Hall–Kier alpha value is -2.14. The van der Waals surface area contributed by atoms with Crippen molar-refractivity contribution in [2.45, 2.75) is 6.92 Å². The highest BCUT2D eigenvalue weighted by Crippen LogP contribution is 2.24. The van der Waals surface area contributed by atoms with Crippen LogP contribution in [0.1, 0.15) is 6.92 Å². The fraction of sp³-hybridized carbons (Fsp3) is 0.200. The molecule has 0 heterocycles. The fourth-order valence-corrected chi connectivity index (χ4v) is 1.86. The van der Waals surface area contributed by atoms with Gasteiger partial charge in [0.2, 0.25) is 5.91 Å². The van der Waals surface area contributed by atoms with Crippen LogP contribution in [0.2, 0.25) is 0 Å². The summed E-state index contributed by atoms with van der Waals surface area (Å²) in [7, 11) is 3.67. The van der Waals surface area contributed by atoms with Crippen molar-refractivity contribution in [2.24, 2.45) is 0 Å². The van der Waals surface area contributed by atoms with Crippen LogP contribution in [-0.4, -0.2) is 30.1 Å². The van der Waals surface area contributed by atoms with Gasteiger partial charge >= 0.3 is 0 Å². The monoisotopic (exact) mass is 288 g/mol. The molecule has 2 rings (SSSR count). The lowest BCUT2D eigenvalue weighted by Gasteiger charge is -2.14. The van der Waals surface area contributed by atoms with Crippen molar-refractivity contribution in [2.75, 3.05) is 19.4 Å². The zero-order valence-electron chi connectivity index (χ0n) is 11.6. The van der Waals surface area contributed by atoms with Gasteiger partial charge < -0.3 is 15.0 Å². The number of carbonyl (C=O) groups excluding carboxylic acids is 1. The number of benzene rings is 2. The van der Waals surface area contributed by atoms with E-state index in [0.29, 0.717) is 10.9 Å². The van der Waals surface area contributed by atoms with Crippen molar-refractivity contribution in [3.8, 4) is 5.75 Å². The van der Waals surface area contributed by atoms with E-state index in [-0.39, 0.29) is 5.91 Å². The first-order valence-electron chi connectivity index (χ1n) is 6.16. The van der Waals surface area contributed by atoms with Gasteiger partial charge in [0.05, 0.1) is 0 Å². The smallest absolute Gasteiger partial charge is 0.264 e. The molecule has 0 aliphatic rings. The molecular weight excluding hydrogens is 272 g/mol. The van der Waals surface area contributed by atoms with E-state index < -0.39 is 0 Å². The molecule has 0 spiro atoms. The first kappa shape index (κ1) is 14.3. The number of anilines is 1. The Morgan fingerprint density at radius 3 is 2.45 bits per heavy atom. The van der Waals surface area contributed by atoms with Gasteiger partial charge in [-0.15, -0.1) is 0 Å². The number of fused-ring (bicyclic) bond motifs is 1. The zero-order chi connectivity index (χ0) is 14.7. The van der Waals surface area contributed by atoms with Gasteiger partial charge in [-0.1, -0.05) is 12.1 Å². The van der Waals surface area contributed by atoms with Gasteiger partial charge in [-0.05, 0) is 47.3 Å². The second-order valence-corrected chi connectivity index (χ2v) is 5.02. The third-order valence-electron chi connectivity index (χ3n) is 2.70. The van der Waals surface area contributed by atoms with Crippen LogP contribution < -0.4 is 10.1 Å². The second-order valence-electron chi connectivity index (χ2n) is 4.67. The summed E-state index contributed by atoms with van der Waals surface area (Å²) in [6, 6.07) is 11.4. The third kappa shape index (κ3) is 3.45. The molecule has 1 amide bonds. The Bertz CT molecular complexity index is 668. The minimum absolute atomic E-state index is 0.0827. The Labute approximate surface area is 123 Å². The number of carbonyl (C=O) groups is 1. The topological polar surface area (TPSA) is 41.6 Å². The predicted octanol–water partition coefficient (Wildman–Crippen LogP) is 3.02. The number of rotatable bonds is 2. The van der Waals surface area contributed by atoms with Crippen LogP contribution in [0.4, 0.5) is 5.69 Å². The van der Waals surface area contributed by atoms with Crippen LogP contribution >= 0.6 is 12.2 Å². The first-order chi connectivity index (χ1) is 9.45. The molecule has 1 N–H and O–H groups in total. The molecule has 0 unspecified atom stereocenters. The van der Waals surface area contributed by atoms with Crippen molar-refractivity contribution >= 4 is 39.8 Å². The highest BCUT2D eigenvalue weighted by atomic mass is 32.1. The number of nitrogens with one attached hydrogen (secondary N) is 1. The minimum Gasteiger partial charge on any atom is -0.432 e. The van der Waals surface area contributed by atoms with Crippen LogP contribution in [0.3, 0.4) is 0 Å². The molecule has 0 saturated heterocycles. The molecule has 4 nitrogen and oxygen atoms in total.